The zero-order valence-corrected chi connectivity index (χ0v) is 15.2. The Bertz CT molecular complexity index is 594. The predicted molar refractivity (Wildman–Crippen MR) is 97.3 cm³/mol. The number of halogens is 1. The molecule has 0 spiro atoms. The molecule has 1 fully saturated rings. The molecule has 1 atom stereocenters. The molecule has 1 saturated heterocycles. The Kier molecular flexibility index (Phi) is 7.95. The second kappa shape index (κ2) is 10.2. The number of carbonyl (C=O) groups excluding carboxylic acids is 2. The van der Waals surface area contributed by atoms with Crippen LogP contribution < -0.4 is 0 Å². The van der Waals surface area contributed by atoms with Crippen LogP contribution >= 0.6 is 11.6 Å². The molecule has 6 heteroatoms. The number of hydrogen-bond acceptors (Lipinski definition) is 4. The molecule has 0 N–H and O–H groups in total. The van der Waals surface area contributed by atoms with E-state index in [1.165, 1.54) is 6.08 Å². The van der Waals surface area contributed by atoms with Gasteiger partial charge in [-0.1, -0.05) is 23.7 Å². The number of carbonyl (C=O) groups is 2. The summed E-state index contributed by atoms with van der Waals surface area (Å²) in [5, 5.41) is 0.651. The van der Waals surface area contributed by atoms with Crippen molar-refractivity contribution in [2.45, 2.75) is 32.3 Å². The number of amides is 1. The average Bonchev–Trinajstić information content (AvgIpc) is 3.11. The Hall–Kier alpha value is -1.85. The summed E-state index contributed by atoms with van der Waals surface area (Å²) in [6, 6.07) is 7.23. The van der Waals surface area contributed by atoms with Crippen LogP contribution in [0, 0.1) is 0 Å². The van der Waals surface area contributed by atoms with Crippen LogP contribution in [0.3, 0.4) is 0 Å². The lowest BCUT2D eigenvalue weighted by atomic mass is 10.2. The third kappa shape index (κ3) is 6.88. The minimum atomic E-state index is -0.297. The smallest absolute Gasteiger partial charge is 0.307 e. The maximum atomic E-state index is 12.5. The molecule has 25 heavy (non-hydrogen) atoms. The number of nitrogens with zero attached hydrogens (tertiary/aromatic N) is 1. The van der Waals surface area contributed by atoms with Gasteiger partial charge in [-0.3, -0.25) is 9.59 Å². The van der Waals surface area contributed by atoms with Gasteiger partial charge in [0.15, 0.2) is 0 Å². The summed E-state index contributed by atoms with van der Waals surface area (Å²) in [6.45, 7) is 3.65. The van der Waals surface area contributed by atoms with Gasteiger partial charge in [-0.15, -0.1) is 0 Å². The van der Waals surface area contributed by atoms with Gasteiger partial charge in [-0.05, 0) is 43.5 Å². The van der Waals surface area contributed by atoms with Crippen molar-refractivity contribution in [3.05, 3.63) is 40.9 Å². The Morgan fingerprint density at radius 2 is 2.12 bits per heavy atom. The molecule has 5 nitrogen and oxygen atoms in total. The first-order chi connectivity index (χ1) is 12.1. The van der Waals surface area contributed by atoms with Crippen LogP contribution in [0.1, 0.15) is 31.7 Å². The molecular weight excluding hydrogens is 342 g/mol. The van der Waals surface area contributed by atoms with E-state index in [0.29, 0.717) is 24.7 Å². The van der Waals surface area contributed by atoms with Crippen LogP contribution in [-0.4, -0.2) is 49.2 Å². The molecule has 1 amide bonds. The van der Waals surface area contributed by atoms with Crippen LogP contribution in [-0.2, 0) is 19.1 Å². The van der Waals surface area contributed by atoms with E-state index in [-0.39, 0.29) is 24.4 Å². The van der Waals surface area contributed by atoms with Gasteiger partial charge in [-0.2, -0.15) is 0 Å². The van der Waals surface area contributed by atoms with Crippen LogP contribution in [0.4, 0.5) is 0 Å². The van der Waals surface area contributed by atoms with Crippen LogP contribution in [0.15, 0.2) is 30.3 Å². The lowest BCUT2D eigenvalue weighted by Gasteiger charge is -2.24. The highest BCUT2D eigenvalue weighted by Gasteiger charge is 2.22. The standard InChI is InChI=1S/C19H24ClNO4/c1-2-24-19(23)11-12-21(14-17-4-3-13-25-17)18(22)10-7-15-5-8-16(20)9-6-15/h5-10,17H,2-4,11-14H2,1H3/b10-7+. The topological polar surface area (TPSA) is 55.8 Å². The van der Waals surface area contributed by atoms with Gasteiger partial charge >= 0.3 is 5.97 Å². The summed E-state index contributed by atoms with van der Waals surface area (Å²) in [7, 11) is 0. The van der Waals surface area contributed by atoms with E-state index in [1.807, 2.05) is 12.1 Å². The molecule has 0 aliphatic carbocycles. The first kappa shape index (κ1) is 19.5. The van der Waals surface area contributed by atoms with Crippen molar-refractivity contribution in [3.63, 3.8) is 0 Å². The van der Waals surface area contributed by atoms with Gasteiger partial charge < -0.3 is 14.4 Å². The monoisotopic (exact) mass is 365 g/mol. The van der Waals surface area contributed by atoms with Crippen molar-refractivity contribution in [2.75, 3.05) is 26.3 Å². The highest BCUT2D eigenvalue weighted by molar-refractivity contribution is 6.30. The van der Waals surface area contributed by atoms with E-state index < -0.39 is 0 Å². The molecule has 1 heterocycles. The molecule has 0 aromatic heterocycles. The van der Waals surface area contributed by atoms with Gasteiger partial charge in [0, 0.05) is 30.8 Å². The molecule has 1 aromatic carbocycles. The molecule has 2 rings (SSSR count). The number of rotatable bonds is 8. The van der Waals surface area contributed by atoms with E-state index in [4.69, 9.17) is 21.1 Å². The Morgan fingerprint density at radius 3 is 2.76 bits per heavy atom. The zero-order chi connectivity index (χ0) is 18.1. The molecule has 0 saturated carbocycles. The summed E-state index contributed by atoms with van der Waals surface area (Å²) in [5.74, 6) is -0.441. The van der Waals surface area contributed by atoms with E-state index in [1.54, 1.807) is 30.0 Å². The fourth-order valence-electron chi connectivity index (χ4n) is 2.63. The van der Waals surface area contributed by atoms with E-state index in [0.717, 1.165) is 25.0 Å². The number of hydrogen-bond donors (Lipinski definition) is 0. The first-order valence-electron chi connectivity index (χ1n) is 8.58. The van der Waals surface area contributed by atoms with Gasteiger partial charge in [0.25, 0.3) is 0 Å². The Balaban J connectivity index is 1.97. The minimum Gasteiger partial charge on any atom is -0.466 e. The summed E-state index contributed by atoms with van der Waals surface area (Å²) in [4.78, 5) is 25.8. The predicted octanol–water partition coefficient (Wildman–Crippen LogP) is 3.31. The SMILES string of the molecule is CCOC(=O)CCN(CC1CCCO1)C(=O)/C=C/c1ccc(Cl)cc1. The fraction of sp³-hybridized carbons (Fsp3) is 0.474. The summed E-state index contributed by atoms with van der Waals surface area (Å²) in [5.41, 5.74) is 0.889. The summed E-state index contributed by atoms with van der Waals surface area (Å²) in [6.07, 6.45) is 5.42. The largest absolute Gasteiger partial charge is 0.466 e. The maximum absolute atomic E-state index is 12.5. The second-order valence-electron chi connectivity index (χ2n) is 5.86. The molecule has 1 aromatic rings. The van der Waals surface area contributed by atoms with Crippen LogP contribution in [0.5, 0.6) is 0 Å². The third-order valence-electron chi connectivity index (χ3n) is 3.94. The lowest BCUT2D eigenvalue weighted by molar-refractivity contribution is -0.144. The molecule has 136 valence electrons. The van der Waals surface area contributed by atoms with Crippen LogP contribution in [0.2, 0.25) is 5.02 Å². The number of benzene rings is 1. The van der Waals surface area contributed by atoms with Crippen LogP contribution in [0.25, 0.3) is 6.08 Å². The summed E-state index contributed by atoms with van der Waals surface area (Å²) >= 11 is 5.86. The van der Waals surface area contributed by atoms with Crippen molar-refractivity contribution in [1.29, 1.82) is 0 Å². The van der Waals surface area contributed by atoms with Crippen molar-refractivity contribution in [3.8, 4) is 0 Å². The number of esters is 1. The Morgan fingerprint density at radius 1 is 1.36 bits per heavy atom. The van der Waals surface area contributed by atoms with E-state index >= 15 is 0 Å². The molecular formula is C19H24ClNO4. The highest BCUT2D eigenvalue weighted by Crippen LogP contribution is 2.15. The fourth-order valence-corrected chi connectivity index (χ4v) is 2.76. The second-order valence-corrected chi connectivity index (χ2v) is 6.30. The maximum Gasteiger partial charge on any atom is 0.307 e. The van der Waals surface area contributed by atoms with Gasteiger partial charge in [0.2, 0.25) is 5.91 Å². The summed E-state index contributed by atoms with van der Waals surface area (Å²) < 4.78 is 10.6. The third-order valence-corrected chi connectivity index (χ3v) is 4.19. The minimum absolute atomic E-state index is 0.0371. The van der Waals surface area contributed by atoms with E-state index in [9.17, 15) is 9.59 Å². The highest BCUT2D eigenvalue weighted by atomic mass is 35.5. The first-order valence-corrected chi connectivity index (χ1v) is 8.96. The normalized spacial score (nSPS) is 17.0. The van der Waals surface area contributed by atoms with Crippen molar-refractivity contribution in [2.24, 2.45) is 0 Å². The Labute approximate surface area is 153 Å². The average molecular weight is 366 g/mol. The molecule has 0 bridgehead atoms. The molecule has 1 unspecified atom stereocenters. The van der Waals surface area contributed by atoms with E-state index in [2.05, 4.69) is 0 Å². The quantitative estimate of drug-likeness (QED) is 0.524. The molecule has 1 aliphatic rings. The molecule has 1 aliphatic heterocycles. The zero-order valence-electron chi connectivity index (χ0n) is 14.4. The van der Waals surface area contributed by atoms with Crippen molar-refractivity contribution < 1.29 is 19.1 Å². The lowest BCUT2D eigenvalue weighted by Crippen LogP contribution is -2.38. The number of ether oxygens (including phenoxy) is 2. The van der Waals surface area contributed by atoms with Crippen molar-refractivity contribution >= 4 is 29.6 Å². The molecule has 0 radical (unpaired) electrons. The van der Waals surface area contributed by atoms with Gasteiger partial charge in [-0.25, -0.2) is 0 Å². The van der Waals surface area contributed by atoms with Crippen molar-refractivity contribution in [1.82, 2.24) is 4.90 Å². The van der Waals surface area contributed by atoms with Gasteiger partial charge in [0.05, 0.1) is 19.1 Å². The van der Waals surface area contributed by atoms with Gasteiger partial charge in [0.1, 0.15) is 0 Å².